The van der Waals surface area contributed by atoms with Crippen LogP contribution in [0.2, 0.25) is 0 Å². The van der Waals surface area contributed by atoms with E-state index in [0.717, 1.165) is 4.47 Å². The second-order valence-corrected chi connectivity index (χ2v) is 4.91. The van der Waals surface area contributed by atoms with Crippen molar-refractivity contribution in [3.05, 3.63) is 20.8 Å². The van der Waals surface area contributed by atoms with Crippen LogP contribution in [-0.4, -0.2) is 12.6 Å². The summed E-state index contributed by atoms with van der Waals surface area (Å²) in [5.41, 5.74) is 0. The number of hydrogen-bond donors (Lipinski definition) is 0. The van der Waals surface area contributed by atoms with Crippen molar-refractivity contribution in [1.82, 2.24) is 0 Å². The molecule has 2 nitrogen and oxygen atoms in total. The zero-order valence-electron chi connectivity index (χ0n) is 6.96. The first kappa shape index (κ1) is 9.21. The maximum Gasteiger partial charge on any atom is 0.349 e. The standard InChI is InChI=1S/C9H9BrO2S/c10-7-3-4-13-8(7)9(11)12-5-6-1-2-6/h3-4,6H,1-2,5H2. The molecule has 0 aromatic carbocycles. The van der Waals surface area contributed by atoms with E-state index in [0.29, 0.717) is 17.4 Å². The van der Waals surface area contributed by atoms with Gasteiger partial charge in [0.1, 0.15) is 4.88 Å². The van der Waals surface area contributed by atoms with Crippen molar-refractivity contribution in [3.63, 3.8) is 0 Å². The molecule has 1 saturated carbocycles. The predicted molar refractivity (Wildman–Crippen MR) is 55.0 cm³/mol. The Balaban J connectivity index is 1.92. The maximum atomic E-state index is 11.4. The Morgan fingerprint density at radius 1 is 1.69 bits per heavy atom. The molecule has 0 atom stereocenters. The van der Waals surface area contributed by atoms with E-state index in [1.807, 2.05) is 11.4 Å². The average molecular weight is 261 g/mol. The van der Waals surface area contributed by atoms with Gasteiger partial charge in [0.15, 0.2) is 0 Å². The lowest BCUT2D eigenvalue weighted by molar-refractivity contribution is 0.0491. The highest BCUT2D eigenvalue weighted by Gasteiger charge is 2.24. The maximum absolute atomic E-state index is 11.4. The van der Waals surface area contributed by atoms with Gasteiger partial charge in [-0.1, -0.05) is 0 Å². The fourth-order valence-corrected chi connectivity index (χ4v) is 2.41. The minimum atomic E-state index is -0.200. The fourth-order valence-electron chi connectivity index (χ4n) is 0.983. The molecule has 0 saturated heterocycles. The molecular weight excluding hydrogens is 252 g/mol. The predicted octanol–water partition coefficient (Wildman–Crippen LogP) is 3.08. The van der Waals surface area contributed by atoms with Gasteiger partial charge in [-0.15, -0.1) is 11.3 Å². The minimum absolute atomic E-state index is 0.200. The summed E-state index contributed by atoms with van der Waals surface area (Å²) in [5.74, 6) is 0.427. The van der Waals surface area contributed by atoms with E-state index in [-0.39, 0.29) is 5.97 Å². The molecule has 1 heterocycles. The first-order valence-corrected chi connectivity index (χ1v) is 5.85. The van der Waals surface area contributed by atoms with Crippen LogP contribution in [0.5, 0.6) is 0 Å². The number of thiophene rings is 1. The smallest absolute Gasteiger partial charge is 0.349 e. The van der Waals surface area contributed by atoms with Crippen LogP contribution >= 0.6 is 27.3 Å². The van der Waals surface area contributed by atoms with E-state index in [1.165, 1.54) is 24.2 Å². The van der Waals surface area contributed by atoms with Gasteiger partial charge in [-0.05, 0) is 46.1 Å². The molecule has 1 fully saturated rings. The van der Waals surface area contributed by atoms with Crippen LogP contribution in [0.3, 0.4) is 0 Å². The molecule has 0 radical (unpaired) electrons. The summed E-state index contributed by atoms with van der Waals surface area (Å²) in [7, 11) is 0. The summed E-state index contributed by atoms with van der Waals surface area (Å²) in [5, 5.41) is 1.87. The normalized spacial score (nSPS) is 15.8. The second kappa shape index (κ2) is 3.80. The second-order valence-electron chi connectivity index (χ2n) is 3.14. The molecule has 0 aliphatic heterocycles. The van der Waals surface area contributed by atoms with Crippen LogP contribution in [-0.2, 0) is 4.74 Å². The van der Waals surface area contributed by atoms with Gasteiger partial charge in [0.25, 0.3) is 0 Å². The average Bonchev–Trinajstić information content (AvgIpc) is 2.84. The molecule has 0 bridgehead atoms. The number of esters is 1. The quantitative estimate of drug-likeness (QED) is 0.781. The number of halogens is 1. The summed E-state index contributed by atoms with van der Waals surface area (Å²) in [6.07, 6.45) is 2.41. The number of carbonyl (C=O) groups excluding carboxylic acids is 1. The minimum Gasteiger partial charge on any atom is -0.461 e. The molecular formula is C9H9BrO2S. The first-order chi connectivity index (χ1) is 6.27. The van der Waals surface area contributed by atoms with Crippen LogP contribution in [0.25, 0.3) is 0 Å². The Hall–Kier alpha value is -0.350. The van der Waals surface area contributed by atoms with Crippen LogP contribution in [0, 0.1) is 5.92 Å². The van der Waals surface area contributed by atoms with Gasteiger partial charge in [-0.25, -0.2) is 4.79 Å². The molecule has 1 aromatic heterocycles. The van der Waals surface area contributed by atoms with Crippen molar-refractivity contribution in [2.75, 3.05) is 6.61 Å². The van der Waals surface area contributed by atoms with E-state index >= 15 is 0 Å². The molecule has 0 N–H and O–H groups in total. The van der Waals surface area contributed by atoms with Gasteiger partial charge < -0.3 is 4.74 Å². The third-order valence-corrected chi connectivity index (χ3v) is 3.77. The third-order valence-electron chi connectivity index (χ3n) is 1.95. The Kier molecular flexibility index (Phi) is 2.69. The molecule has 1 aliphatic rings. The topological polar surface area (TPSA) is 26.3 Å². The van der Waals surface area contributed by atoms with Gasteiger partial charge >= 0.3 is 5.97 Å². The molecule has 0 amide bonds. The highest BCUT2D eigenvalue weighted by Crippen LogP contribution is 2.30. The van der Waals surface area contributed by atoms with Gasteiger partial charge in [0.2, 0.25) is 0 Å². The van der Waals surface area contributed by atoms with Gasteiger partial charge in [-0.2, -0.15) is 0 Å². The number of carbonyl (C=O) groups is 1. The van der Waals surface area contributed by atoms with E-state index in [4.69, 9.17) is 4.74 Å². The highest BCUT2D eigenvalue weighted by atomic mass is 79.9. The number of hydrogen-bond acceptors (Lipinski definition) is 3. The summed E-state index contributed by atoms with van der Waals surface area (Å²) < 4.78 is 5.96. The fraction of sp³-hybridized carbons (Fsp3) is 0.444. The molecule has 4 heteroatoms. The van der Waals surface area contributed by atoms with Gasteiger partial charge in [0.05, 0.1) is 6.61 Å². The van der Waals surface area contributed by atoms with E-state index in [1.54, 1.807) is 0 Å². The van der Waals surface area contributed by atoms with Gasteiger partial charge in [0, 0.05) is 4.47 Å². The molecule has 0 spiro atoms. The first-order valence-electron chi connectivity index (χ1n) is 4.17. The van der Waals surface area contributed by atoms with E-state index in [9.17, 15) is 4.79 Å². The Labute approximate surface area is 89.0 Å². The van der Waals surface area contributed by atoms with Gasteiger partial charge in [-0.3, -0.25) is 0 Å². The van der Waals surface area contributed by atoms with Crippen molar-refractivity contribution >= 4 is 33.2 Å². The molecule has 1 aliphatic carbocycles. The molecule has 2 rings (SSSR count). The Bertz CT molecular complexity index is 317. The molecule has 70 valence electrons. The van der Waals surface area contributed by atoms with Crippen molar-refractivity contribution in [1.29, 1.82) is 0 Å². The van der Waals surface area contributed by atoms with Crippen LogP contribution in [0.15, 0.2) is 15.9 Å². The van der Waals surface area contributed by atoms with Crippen LogP contribution in [0.4, 0.5) is 0 Å². The lowest BCUT2D eigenvalue weighted by Crippen LogP contribution is -2.06. The molecule has 13 heavy (non-hydrogen) atoms. The monoisotopic (exact) mass is 260 g/mol. The van der Waals surface area contributed by atoms with Crippen molar-refractivity contribution < 1.29 is 9.53 Å². The van der Waals surface area contributed by atoms with Crippen LogP contribution in [0.1, 0.15) is 22.5 Å². The third kappa shape index (κ3) is 2.31. The number of rotatable bonds is 3. The number of ether oxygens (including phenoxy) is 1. The zero-order chi connectivity index (χ0) is 9.26. The molecule has 1 aromatic rings. The van der Waals surface area contributed by atoms with Crippen molar-refractivity contribution in [2.24, 2.45) is 5.92 Å². The lowest BCUT2D eigenvalue weighted by Gasteiger charge is -2.01. The van der Waals surface area contributed by atoms with E-state index < -0.39 is 0 Å². The van der Waals surface area contributed by atoms with E-state index in [2.05, 4.69) is 15.9 Å². The summed E-state index contributed by atoms with van der Waals surface area (Å²) >= 11 is 4.71. The Morgan fingerprint density at radius 3 is 3.00 bits per heavy atom. The summed E-state index contributed by atoms with van der Waals surface area (Å²) in [4.78, 5) is 12.1. The zero-order valence-corrected chi connectivity index (χ0v) is 9.36. The largest absolute Gasteiger partial charge is 0.461 e. The van der Waals surface area contributed by atoms with Crippen molar-refractivity contribution in [3.8, 4) is 0 Å². The summed E-state index contributed by atoms with van der Waals surface area (Å²) in [6, 6.07) is 1.86. The molecule has 0 unspecified atom stereocenters. The lowest BCUT2D eigenvalue weighted by atomic mass is 10.4. The van der Waals surface area contributed by atoms with Crippen molar-refractivity contribution in [2.45, 2.75) is 12.8 Å². The van der Waals surface area contributed by atoms with Crippen LogP contribution < -0.4 is 0 Å². The summed E-state index contributed by atoms with van der Waals surface area (Å²) in [6.45, 7) is 0.586. The Morgan fingerprint density at radius 2 is 2.46 bits per heavy atom. The SMILES string of the molecule is O=C(OCC1CC1)c1sccc1Br. The highest BCUT2D eigenvalue weighted by molar-refractivity contribution is 9.10.